The summed E-state index contributed by atoms with van der Waals surface area (Å²) in [5.74, 6) is 1.17. The second kappa shape index (κ2) is 7.00. The van der Waals surface area contributed by atoms with Gasteiger partial charge in [0.2, 0.25) is 5.16 Å². The van der Waals surface area contributed by atoms with Gasteiger partial charge in [-0.2, -0.15) is 4.98 Å². The van der Waals surface area contributed by atoms with E-state index in [1.54, 1.807) is 36.1 Å². The summed E-state index contributed by atoms with van der Waals surface area (Å²) < 4.78 is 41.8. The molecule has 0 saturated carbocycles. The highest BCUT2D eigenvalue weighted by atomic mass is 32.2. The molecule has 26 heavy (non-hydrogen) atoms. The summed E-state index contributed by atoms with van der Waals surface area (Å²) in [6.07, 6.45) is 2.66. The molecule has 0 N–H and O–H groups in total. The minimum Gasteiger partial charge on any atom is -0.497 e. The van der Waals surface area contributed by atoms with Gasteiger partial charge >= 0.3 is 0 Å². The maximum atomic E-state index is 11.8. The zero-order valence-electron chi connectivity index (χ0n) is 14.4. The zero-order chi connectivity index (χ0) is 18.9. The fourth-order valence-electron chi connectivity index (χ4n) is 2.36. The van der Waals surface area contributed by atoms with Crippen LogP contribution in [0.1, 0.15) is 0 Å². The molecule has 0 aliphatic rings. The van der Waals surface area contributed by atoms with Crippen molar-refractivity contribution in [1.82, 2.24) is 14.8 Å². The zero-order valence-corrected chi connectivity index (χ0v) is 16.0. The quantitative estimate of drug-likeness (QED) is 0.661. The number of hydrogen-bond donors (Lipinski definition) is 0. The molecule has 0 aliphatic heterocycles. The maximum Gasteiger partial charge on any atom is 0.239 e. The molecule has 1 atom stereocenters. The molecular formula is C17H17N3O4S2. The van der Waals surface area contributed by atoms with Gasteiger partial charge in [0.05, 0.1) is 28.5 Å². The Bertz CT molecular complexity index is 1060. The van der Waals surface area contributed by atoms with Crippen LogP contribution in [0.25, 0.3) is 17.1 Å². The normalized spacial score (nSPS) is 12.7. The number of methoxy groups -OCH3 is 1. The molecule has 0 fully saturated rings. The molecule has 0 bridgehead atoms. The van der Waals surface area contributed by atoms with E-state index in [1.807, 2.05) is 12.1 Å². The molecular weight excluding hydrogens is 374 g/mol. The van der Waals surface area contributed by atoms with Crippen molar-refractivity contribution in [2.45, 2.75) is 10.1 Å². The van der Waals surface area contributed by atoms with Gasteiger partial charge in [-0.3, -0.25) is 4.21 Å². The summed E-state index contributed by atoms with van der Waals surface area (Å²) in [6, 6.07) is 13.5. The highest BCUT2D eigenvalue weighted by Gasteiger charge is 2.17. The van der Waals surface area contributed by atoms with E-state index in [0.29, 0.717) is 17.1 Å². The van der Waals surface area contributed by atoms with E-state index < -0.39 is 20.6 Å². The Hall–Kier alpha value is -2.52. The third-order valence-corrected chi connectivity index (χ3v) is 5.52. The van der Waals surface area contributed by atoms with Crippen LogP contribution in [0.15, 0.2) is 58.6 Å². The highest BCUT2D eigenvalue weighted by molar-refractivity contribution is 7.90. The topological polar surface area (TPSA) is 91.2 Å². The molecule has 1 aromatic heterocycles. The Morgan fingerprint density at radius 3 is 2.15 bits per heavy atom. The molecule has 3 aromatic rings. The summed E-state index contributed by atoms with van der Waals surface area (Å²) in [5.41, 5.74) is 1.38. The predicted octanol–water partition coefficient (Wildman–Crippen LogP) is 2.08. The molecule has 1 unspecified atom stereocenters. The van der Waals surface area contributed by atoms with Gasteiger partial charge in [-0.1, -0.05) is 0 Å². The van der Waals surface area contributed by atoms with Gasteiger partial charge in [-0.25, -0.2) is 13.1 Å². The van der Waals surface area contributed by atoms with Crippen molar-refractivity contribution in [3.63, 3.8) is 0 Å². The van der Waals surface area contributed by atoms with Gasteiger partial charge < -0.3 is 4.74 Å². The van der Waals surface area contributed by atoms with E-state index in [0.717, 1.165) is 11.9 Å². The summed E-state index contributed by atoms with van der Waals surface area (Å²) >= 11 is 0. The number of hydrogen-bond acceptors (Lipinski definition) is 6. The molecule has 0 aliphatic carbocycles. The maximum absolute atomic E-state index is 11.8. The Labute approximate surface area is 154 Å². The number of benzene rings is 2. The minimum atomic E-state index is -3.29. The van der Waals surface area contributed by atoms with Crippen LogP contribution in [0.3, 0.4) is 0 Å². The molecule has 2 aromatic carbocycles. The van der Waals surface area contributed by atoms with Gasteiger partial charge in [0.25, 0.3) is 0 Å². The fourth-order valence-corrected chi connectivity index (χ4v) is 3.40. The lowest BCUT2D eigenvalue weighted by Crippen LogP contribution is -2.01. The number of aromatic nitrogens is 3. The monoisotopic (exact) mass is 391 g/mol. The third kappa shape index (κ3) is 3.68. The van der Waals surface area contributed by atoms with Crippen molar-refractivity contribution in [3.05, 3.63) is 48.5 Å². The van der Waals surface area contributed by atoms with E-state index in [1.165, 1.54) is 18.4 Å². The Kier molecular flexibility index (Phi) is 4.92. The number of sulfone groups is 1. The van der Waals surface area contributed by atoms with E-state index in [-0.39, 0.29) is 10.1 Å². The van der Waals surface area contributed by atoms with Crippen LogP contribution < -0.4 is 4.74 Å². The first kappa shape index (κ1) is 18.3. The Morgan fingerprint density at radius 2 is 1.65 bits per heavy atom. The molecule has 0 radical (unpaired) electrons. The van der Waals surface area contributed by atoms with Gasteiger partial charge in [-0.15, -0.1) is 5.10 Å². The molecule has 0 amide bonds. The second-order valence-corrected chi connectivity index (χ2v) is 8.87. The standard InChI is InChI=1S/C17H17N3O4S2/c1-24-14-8-6-13(7-9-14)20-16(18-17(19-20)25(2)21)12-4-10-15(11-5-12)26(3,22)23/h4-11H,1-3H3. The van der Waals surface area contributed by atoms with Crippen molar-refractivity contribution < 1.29 is 17.4 Å². The lowest BCUT2D eigenvalue weighted by Gasteiger charge is -2.07. The second-order valence-electron chi connectivity index (χ2n) is 5.58. The van der Waals surface area contributed by atoms with Gasteiger partial charge in [-0.05, 0) is 48.5 Å². The molecule has 136 valence electrons. The first-order chi connectivity index (χ1) is 12.3. The van der Waals surface area contributed by atoms with E-state index >= 15 is 0 Å². The van der Waals surface area contributed by atoms with Crippen molar-refractivity contribution in [3.8, 4) is 22.8 Å². The smallest absolute Gasteiger partial charge is 0.239 e. The SMILES string of the molecule is COc1ccc(-n2nc(S(C)=O)nc2-c2ccc(S(C)(=O)=O)cc2)cc1. The lowest BCUT2D eigenvalue weighted by molar-refractivity contribution is 0.414. The molecule has 3 rings (SSSR count). The van der Waals surface area contributed by atoms with Crippen molar-refractivity contribution in [1.29, 1.82) is 0 Å². The number of nitrogens with zero attached hydrogens (tertiary/aromatic N) is 3. The van der Waals surface area contributed by atoms with Crippen LogP contribution in [-0.4, -0.2) is 47.0 Å². The van der Waals surface area contributed by atoms with Crippen LogP contribution in [0, 0.1) is 0 Å². The van der Waals surface area contributed by atoms with E-state index in [9.17, 15) is 12.6 Å². The summed E-state index contributed by atoms with van der Waals surface area (Å²) in [6.45, 7) is 0. The predicted molar refractivity (Wildman–Crippen MR) is 98.8 cm³/mol. The van der Waals surface area contributed by atoms with E-state index in [4.69, 9.17) is 4.74 Å². The van der Waals surface area contributed by atoms with Gasteiger partial charge in [0, 0.05) is 18.1 Å². The third-order valence-electron chi connectivity index (χ3n) is 3.70. The highest BCUT2D eigenvalue weighted by Crippen LogP contribution is 2.24. The molecule has 0 saturated heterocycles. The molecule has 1 heterocycles. The molecule has 7 nitrogen and oxygen atoms in total. The van der Waals surface area contributed by atoms with E-state index in [2.05, 4.69) is 10.1 Å². The Balaban J connectivity index is 2.12. The molecule has 0 spiro atoms. The van der Waals surface area contributed by atoms with Crippen LogP contribution in [0.2, 0.25) is 0 Å². The average molecular weight is 391 g/mol. The van der Waals surface area contributed by atoms with Crippen LogP contribution in [0.4, 0.5) is 0 Å². The number of rotatable bonds is 5. The van der Waals surface area contributed by atoms with Gasteiger partial charge in [0.1, 0.15) is 5.75 Å². The molecule has 9 heteroatoms. The largest absolute Gasteiger partial charge is 0.497 e. The summed E-state index contributed by atoms with van der Waals surface area (Å²) in [7, 11) is -3.06. The van der Waals surface area contributed by atoms with Crippen LogP contribution >= 0.6 is 0 Å². The van der Waals surface area contributed by atoms with Gasteiger partial charge in [0.15, 0.2) is 15.7 Å². The summed E-state index contributed by atoms with van der Waals surface area (Å²) in [4.78, 5) is 4.58. The van der Waals surface area contributed by atoms with Crippen molar-refractivity contribution in [2.24, 2.45) is 0 Å². The van der Waals surface area contributed by atoms with Crippen LogP contribution in [-0.2, 0) is 20.6 Å². The lowest BCUT2D eigenvalue weighted by atomic mass is 10.2. The van der Waals surface area contributed by atoms with Crippen LogP contribution in [0.5, 0.6) is 5.75 Å². The minimum absolute atomic E-state index is 0.197. The average Bonchev–Trinajstić information content (AvgIpc) is 3.07. The fraction of sp³-hybridized carbons (Fsp3) is 0.176. The van der Waals surface area contributed by atoms with Crippen molar-refractivity contribution in [2.75, 3.05) is 19.6 Å². The summed E-state index contributed by atoms with van der Waals surface area (Å²) in [5, 5.41) is 4.53. The van der Waals surface area contributed by atoms with Crippen molar-refractivity contribution >= 4 is 20.6 Å². The number of ether oxygens (including phenoxy) is 1. The Morgan fingerprint density at radius 1 is 1.04 bits per heavy atom. The first-order valence-corrected chi connectivity index (χ1v) is 11.0. The first-order valence-electron chi connectivity index (χ1n) is 7.55.